The zero-order valence-corrected chi connectivity index (χ0v) is 20.7. The summed E-state index contributed by atoms with van der Waals surface area (Å²) in [7, 11) is 1.62. The second kappa shape index (κ2) is 11.9. The van der Waals surface area contributed by atoms with Crippen LogP contribution in [-0.2, 0) is 9.53 Å². The number of benzene rings is 2. The van der Waals surface area contributed by atoms with Gasteiger partial charge in [0.2, 0.25) is 12.7 Å². The Morgan fingerprint density at radius 3 is 2.58 bits per heavy atom. The quantitative estimate of drug-likeness (QED) is 0.518. The van der Waals surface area contributed by atoms with Crippen LogP contribution in [0.3, 0.4) is 0 Å². The molecule has 2 aliphatic rings. The summed E-state index contributed by atoms with van der Waals surface area (Å²) in [5.74, 6) is 0.531. The number of hydrogen-bond donors (Lipinski definition) is 2. The van der Waals surface area contributed by atoms with Crippen LogP contribution in [0, 0.1) is 12.8 Å². The maximum atomic E-state index is 13.1. The second-order valence-corrected chi connectivity index (χ2v) is 9.10. The van der Waals surface area contributed by atoms with Crippen molar-refractivity contribution in [2.24, 2.45) is 5.92 Å². The molecule has 36 heavy (non-hydrogen) atoms. The van der Waals surface area contributed by atoms with E-state index in [1.165, 1.54) is 0 Å². The summed E-state index contributed by atoms with van der Waals surface area (Å²) >= 11 is 0. The van der Waals surface area contributed by atoms with Crippen molar-refractivity contribution in [3.8, 4) is 11.5 Å². The smallest absolute Gasteiger partial charge is 0.253 e. The lowest BCUT2D eigenvalue weighted by atomic mass is 9.88. The lowest BCUT2D eigenvalue weighted by Crippen LogP contribution is -2.54. The zero-order valence-electron chi connectivity index (χ0n) is 20.7. The van der Waals surface area contributed by atoms with Gasteiger partial charge >= 0.3 is 0 Å². The molecule has 4 rings (SSSR count). The molecule has 1 atom stereocenters. The van der Waals surface area contributed by atoms with Gasteiger partial charge in [-0.3, -0.25) is 14.4 Å². The van der Waals surface area contributed by atoms with Crippen molar-refractivity contribution in [1.82, 2.24) is 15.5 Å². The third-order valence-corrected chi connectivity index (χ3v) is 6.70. The summed E-state index contributed by atoms with van der Waals surface area (Å²) in [5, 5.41) is 5.90. The molecule has 2 N–H and O–H groups in total. The minimum absolute atomic E-state index is 0.0868. The molecular formula is C27H33N3O6. The van der Waals surface area contributed by atoms with Crippen LogP contribution in [0.5, 0.6) is 11.5 Å². The predicted octanol–water partition coefficient (Wildman–Crippen LogP) is 2.53. The van der Waals surface area contributed by atoms with Crippen LogP contribution in [0.2, 0.25) is 0 Å². The van der Waals surface area contributed by atoms with Gasteiger partial charge in [0.15, 0.2) is 11.5 Å². The van der Waals surface area contributed by atoms with Crippen LogP contribution in [0.4, 0.5) is 0 Å². The molecule has 2 heterocycles. The molecular weight excluding hydrogens is 462 g/mol. The van der Waals surface area contributed by atoms with Crippen molar-refractivity contribution in [2.45, 2.75) is 32.2 Å². The van der Waals surface area contributed by atoms with E-state index in [2.05, 4.69) is 10.6 Å². The van der Waals surface area contributed by atoms with Crippen LogP contribution >= 0.6 is 0 Å². The number of nitrogens with zero attached hydrogens (tertiary/aromatic N) is 1. The van der Waals surface area contributed by atoms with Crippen LogP contribution in [0.15, 0.2) is 42.5 Å². The normalized spacial score (nSPS) is 15.9. The number of ether oxygens (including phenoxy) is 3. The molecule has 9 nitrogen and oxygen atoms in total. The number of fused-ring (bicyclic) bond motifs is 1. The zero-order chi connectivity index (χ0) is 25.5. The molecule has 0 radical (unpaired) electrons. The highest BCUT2D eigenvalue weighted by Gasteiger charge is 2.34. The average molecular weight is 496 g/mol. The number of amides is 3. The average Bonchev–Trinajstić information content (AvgIpc) is 3.37. The van der Waals surface area contributed by atoms with Crippen molar-refractivity contribution < 1.29 is 28.6 Å². The summed E-state index contributed by atoms with van der Waals surface area (Å²) in [6.07, 6.45) is 1.88. The summed E-state index contributed by atoms with van der Waals surface area (Å²) < 4.78 is 15.8. The topological polar surface area (TPSA) is 106 Å². The number of carbonyl (C=O) groups is 3. The number of carbonyl (C=O) groups excluding carboxylic acids is 3. The Balaban J connectivity index is 1.41. The molecule has 3 amide bonds. The molecule has 0 aromatic heterocycles. The molecule has 2 aromatic rings. The molecule has 1 fully saturated rings. The van der Waals surface area contributed by atoms with E-state index in [9.17, 15) is 14.4 Å². The molecule has 2 aliphatic heterocycles. The van der Waals surface area contributed by atoms with Crippen LogP contribution < -0.4 is 20.1 Å². The molecule has 1 saturated heterocycles. The minimum Gasteiger partial charge on any atom is -0.454 e. The van der Waals surface area contributed by atoms with Crippen LogP contribution in [0.1, 0.15) is 45.5 Å². The minimum atomic E-state index is -0.692. The fourth-order valence-electron chi connectivity index (χ4n) is 4.63. The van der Waals surface area contributed by atoms with Gasteiger partial charge in [0.1, 0.15) is 6.04 Å². The van der Waals surface area contributed by atoms with Gasteiger partial charge in [-0.05, 0) is 61.9 Å². The Morgan fingerprint density at radius 2 is 1.83 bits per heavy atom. The number of rotatable bonds is 9. The molecule has 2 aromatic carbocycles. The van der Waals surface area contributed by atoms with Crippen molar-refractivity contribution in [2.75, 3.05) is 40.1 Å². The van der Waals surface area contributed by atoms with E-state index in [1.54, 1.807) is 36.3 Å². The highest BCUT2D eigenvalue weighted by Crippen LogP contribution is 2.33. The van der Waals surface area contributed by atoms with Gasteiger partial charge in [0, 0.05) is 44.5 Å². The maximum Gasteiger partial charge on any atom is 0.253 e. The number of piperidine rings is 1. The first-order chi connectivity index (χ1) is 17.5. The molecule has 0 spiro atoms. The van der Waals surface area contributed by atoms with Crippen LogP contribution in [0.25, 0.3) is 0 Å². The first-order valence-electron chi connectivity index (χ1n) is 12.3. The molecule has 192 valence electrons. The van der Waals surface area contributed by atoms with E-state index in [0.717, 1.165) is 5.56 Å². The first kappa shape index (κ1) is 25.5. The SMILES string of the molecule is COCCCNC(=O)[C@@H](NC(=O)c1ccccc1C)C1CCN(C(=O)c2ccc3c(c2)OCO3)CC1. The van der Waals surface area contributed by atoms with Gasteiger partial charge in [-0.2, -0.15) is 0 Å². The predicted molar refractivity (Wildman–Crippen MR) is 133 cm³/mol. The molecule has 9 heteroatoms. The molecule has 0 saturated carbocycles. The Labute approximate surface area is 211 Å². The van der Waals surface area contributed by atoms with Gasteiger partial charge in [0.25, 0.3) is 11.8 Å². The van der Waals surface area contributed by atoms with Crippen molar-refractivity contribution in [1.29, 1.82) is 0 Å². The van der Waals surface area contributed by atoms with Crippen molar-refractivity contribution in [3.63, 3.8) is 0 Å². The molecule has 0 aliphatic carbocycles. The van der Waals surface area contributed by atoms with Crippen molar-refractivity contribution >= 4 is 17.7 Å². The van der Waals surface area contributed by atoms with Gasteiger partial charge in [-0.25, -0.2) is 0 Å². The number of methoxy groups -OCH3 is 1. The Bertz CT molecular complexity index is 1100. The van der Waals surface area contributed by atoms with Crippen molar-refractivity contribution in [3.05, 3.63) is 59.2 Å². The highest BCUT2D eigenvalue weighted by molar-refractivity contribution is 5.99. The van der Waals surface area contributed by atoms with Gasteiger partial charge < -0.3 is 29.7 Å². The fraction of sp³-hybridized carbons (Fsp3) is 0.444. The lowest BCUT2D eigenvalue weighted by Gasteiger charge is -2.36. The van der Waals surface area contributed by atoms with Crippen LogP contribution in [-0.4, -0.2) is 68.8 Å². The number of likely N-dealkylation sites (tertiary alicyclic amines) is 1. The largest absolute Gasteiger partial charge is 0.454 e. The lowest BCUT2D eigenvalue weighted by molar-refractivity contribution is -0.124. The number of nitrogens with one attached hydrogen (secondary N) is 2. The van der Waals surface area contributed by atoms with E-state index in [-0.39, 0.29) is 30.4 Å². The standard InChI is InChI=1S/C27H33N3O6/c1-18-6-3-4-7-21(18)25(31)29-24(26(32)28-12-5-15-34-2)19-10-13-30(14-11-19)27(33)20-8-9-22-23(16-20)36-17-35-22/h3-4,6-9,16,19,24H,5,10-15,17H2,1-2H3,(H,28,32)(H,29,31)/t24-/m0/s1. The third kappa shape index (κ3) is 5.96. The highest BCUT2D eigenvalue weighted by atomic mass is 16.7. The first-order valence-corrected chi connectivity index (χ1v) is 12.3. The Morgan fingerprint density at radius 1 is 1.08 bits per heavy atom. The summed E-state index contributed by atoms with van der Waals surface area (Å²) in [6, 6.07) is 11.8. The van der Waals surface area contributed by atoms with E-state index >= 15 is 0 Å². The third-order valence-electron chi connectivity index (χ3n) is 6.70. The van der Waals surface area contributed by atoms with E-state index in [1.807, 2.05) is 25.1 Å². The number of aryl methyl sites for hydroxylation is 1. The van der Waals surface area contributed by atoms with E-state index in [0.29, 0.717) is 68.1 Å². The molecule has 0 unspecified atom stereocenters. The maximum absolute atomic E-state index is 13.1. The summed E-state index contributed by atoms with van der Waals surface area (Å²) in [4.78, 5) is 41.0. The fourth-order valence-corrected chi connectivity index (χ4v) is 4.63. The Kier molecular flexibility index (Phi) is 8.43. The van der Waals surface area contributed by atoms with Gasteiger partial charge in [-0.1, -0.05) is 18.2 Å². The van der Waals surface area contributed by atoms with Gasteiger partial charge in [0.05, 0.1) is 0 Å². The van der Waals surface area contributed by atoms with E-state index < -0.39 is 6.04 Å². The van der Waals surface area contributed by atoms with Gasteiger partial charge in [-0.15, -0.1) is 0 Å². The monoisotopic (exact) mass is 495 g/mol. The Hall–Kier alpha value is -3.59. The number of hydrogen-bond acceptors (Lipinski definition) is 6. The van der Waals surface area contributed by atoms with E-state index in [4.69, 9.17) is 14.2 Å². The second-order valence-electron chi connectivity index (χ2n) is 9.10. The molecule has 0 bridgehead atoms. The summed E-state index contributed by atoms with van der Waals surface area (Å²) in [6.45, 7) is 4.01. The summed E-state index contributed by atoms with van der Waals surface area (Å²) in [5.41, 5.74) is 1.93.